The maximum absolute atomic E-state index is 13.3. The number of halogens is 1. The van der Waals surface area contributed by atoms with Crippen molar-refractivity contribution in [1.82, 2.24) is 14.9 Å². The van der Waals surface area contributed by atoms with Gasteiger partial charge in [-0.15, -0.1) is 6.42 Å². The Hall–Kier alpha value is -3.73. The zero-order valence-corrected chi connectivity index (χ0v) is 14.6. The number of hydrogen-bond donors (Lipinski definition) is 2. The number of aliphatic imine (C=N–C) groups is 1. The van der Waals surface area contributed by atoms with Gasteiger partial charge < -0.3 is 10.6 Å². The molecule has 1 aliphatic rings. The number of hydrogen-bond acceptors (Lipinski definition) is 5. The third-order valence-corrected chi connectivity index (χ3v) is 3.95. The second-order valence-electron chi connectivity index (χ2n) is 5.77. The Morgan fingerprint density at radius 2 is 2.30 bits per heavy atom. The molecule has 0 spiro atoms. The summed E-state index contributed by atoms with van der Waals surface area (Å²) in [5, 5.41) is 2.67. The Morgan fingerprint density at radius 3 is 3.04 bits per heavy atom. The first-order valence-electron chi connectivity index (χ1n) is 8.12. The molecule has 2 amide bonds. The molecule has 0 bridgehead atoms. The Kier molecular flexibility index (Phi) is 5.13. The van der Waals surface area contributed by atoms with Crippen molar-refractivity contribution in [2.45, 2.75) is 20.0 Å². The topological polar surface area (TPSA) is 96.5 Å². The minimum Gasteiger partial charge on any atom is -0.396 e. The summed E-state index contributed by atoms with van der Waals surface area (Å²) < 4.78 is 13.3. The van der Waals surface area contributed by atoms with Crippen LogP contribution >= 0.6 is 0 Å². The number of allylic oxidation sites excluding steroid dienone is 1. The van der Waals surface area contributed by atoms with E-state index in [0.717, 1.165) is 6.20 Å². The summed E-state index contributed by atoms with van der Waals surface area (Å²) in [5.41, 5.74) is 8.47. The van der Waals surface area contributed by atoms with Crippen LogP contribution in [0.2, 0.25) is 0 Å². The lowest BCUT2D eigenvalue weighted by atomic mass is 10.2. The largest absolute Gasteiger partial charge is 0.396 e. The van der Waals surface area contributed by atoms with Gasteiger partial charge in [0.2, 0.25) is 0 Å². The molecule has 0 aliphatic carbocycles. The second-order valence-corrected chi connectivity index (χ2v) is 5.77. The van der Waals surface area contributed by atoms with Crippen LogP contribution in [-0.2, 0) is 13.1 Å². The number of rotatable bonds is 3. The zero-order valence-electron chi connectivity index (χ0n) is 14.6. The number of amides is 2. The average Bonchev–Trinajstić information content (AvgIpc) is 3.08. The lowest BCUT2D eigenvalue weighted by Gasteiger charge is -2.17. The van der Waals surface area contributed by atoms with Crippen molar-refractivity contribution in [3.8, 4) is 12.3 Å². The van der Waals surface area contributed by atoms with Crippen LogP contribution in [0.3, 0.4) is 0 Å². The van der Waals surface area contributed by atoms with Gasteiger partial charge in [-0.05, 0) is 30.7 Å². The van der Waals surface area contributed by atoms with Gasteiger partial charge in [0, 0.05) is 19.0 Å². The van der Waals surface area contributed by atoms with E-state index in [-0.39, 0.29) is 18.9 Å². The van der Waals surface area contributed by atoms with Gasteiger partial charge in [-0.2, -0.15) is 0 Å². The molecule has 136 valence electrons. The first-order valence-corrected chi connectivity index (χ1v) is 8.12. The van der Waals surface area contributed by atoms with E-state index in [9.17, 15) is 9.18 Å². The monoisotopic (exact) mass is 364 g/mol. The van der Waals surface area contributed by atoms with Crippen LogP contribution in [-0.4, -0.2) is 27.1 Å². The summed E-state index contributed by atoms with van der Waals surface area (Å²) in [5.74, 6) is 2.26. The van der Waals surface area contributed by atoms with Gasteiger partial charge in [-0.1, -0.05) is 5.92 Å². The van der Waals surface area contributed by atoms with E-state index in [1.165, 1.54) is 17.2 Å². The van der Waals surface area contributed by atoms with Crippen molar-refractivity contribution in [3.63, 3.8) is 0 Å². The second kappa shape index (κ2) is 7.66. The number of nitrogens with two attached hydrogens (primary N) is 1. The summed E-state index contributed by atoms with van der Waals surface area (Å²) >= 11 is 0. The molecule has 0 saturated heterocycles. The van der Waals surface area contributed by atoms with E-state index < -0.39 is 11.8 Å². The fourth-order valence-electron chi connectivity index (χ4n) is 2.60. The molecule has 8 heteroatoms. The number of nitrogens with zero attached hydrogens (tertiary/aromatic N) is 4. The van der Waals surface area contributed by atoms with Crippen LogP contribution in [0, 0.1) is 18.2 Å². The molecular weight excluding hydrogens is 347 g/mol. The van der Waals surface area contributed by atoms with Gasteiger partial charge in [0.15, 0.2) is 5.82 Å². The number of fused-ring (bicyclic) bond motifs is 1. The number of nitrogens with one attached hydrogen (secondary N) is 1. The zero-order chi connectivity index (χ0) is 19.4. The number of pyridine rings is 2. The molecule has 3 N–H and O–H groups in total. The van der Waals surface area contributed by atoms with E-state index >= 15 is 0 Å². The van der Waals surface area contributed by atoms with Crippen LogP contribution in [0.4, 0.5) is 20.7 Å². The number of carbonyl (C=O) groups is 1. The molecule has 0 unspecified atom stereocenters. The van der Waals surface area contributed by atoms with Crippen LogP contribution in [0.1, 0.15) is 23.9 Å². The van der Waals surface area contributed by atoms with Crippen LogP contribution in [0.25, 0.3) is 5.57 Å². The third kappa shape index (κ3) is 3.93. The Morgan fingerprint density at radius 1 is 1.48 bits per heavy atom. The maximum Gasteiger partial charge on any atom is 0.323 e. The fraction of sp³-hybridized carbons (Fsp3) is 0.158. The van der Waals surface area contributed by atoms with Crippen molar-refractivity contribution in [3.05, 3.63) is 53.4 Å². The van der Waals surface area contributed by atoms with E-state index in [4.69, 9.17) is 12.2 Å². The van der Waals surface area contributed by atoms with Gasteiger partial charge in [-0.3, -0.25) is 15.3 Å². The molecular formula is C19H17FN6O. The Labute approximate surface area is 155 Å². The number of urea groups is 1. The smallest absolute Gasteiger partial charge is 0.323 e. The predicted molar refractivity (Wildman–Crippen MR) is 102 cm³/mol. The molecule has 3 rings (SSSR count). The average molecular weight is 364 g/mol. The maximum atomic E-state index is 13.3. The van der Waals surface area contributed by atoms with E-state index in [2.05, 4.69) is 26.2 Å². The molecule has 3 heterocycles. The minimum absolute atomic E-state index is 0.189. The molecule has 0 aromatic carbocycles. The van der Waals surface area contributed by atoms with Crippen molar-refractivity contribution in [1.29, 1.82) is 0 Å². The summed E-state index contributed by atoms with van der Waals surface area (Å²) in [4.78, 5) is 26.4. The van der Waals surface area contributed by atoms with E-state index in [1.807, 2.05) is 0 Å². The summed E-state index contributed by atoms with van der Waals surface area (Å²) in [6, 6.07) is 4.22. The van der Waals surface area contributed by atoms with Crippen LogP contribution in [0.5, 0.6) is 0 Å². The molecule has 27 heavy (non-hydrogen) atoms. The van der Waals surface area contributed by atoms with Crippen molar-refractivity contribution in [2.24, 2.45) is 4.99 Å². The van der Waals surface area contributed by atoms with Gasteiger partial charge in [0.05, 0.1) is 35.4 Å². The van der Waals surface area contributed by atoms with E-state index in [0.29, 0.717) is 28.2 Å². The molecule has 2 aromatic heterocycles. The summed E-state index contributed by atoms with van der Waals surface area (Å²) in [6.07, 6.45) is 9.73. The summed E-state index contributed by atoms with van der Waals surface area (Å²) in [6.45, 7) is 2.30. The van der Waals surface area contributed by atoms with Crippen LogP contribution in [0.15, 0.2) is 35.6 Å². The lowest BCUT2D eigenvalue weighted by molar-refractivity contribution is 0.212. The number of terminal acetylenes is 1. The molecule has 0 fully saturated rings. The molecule has 1 aliphatic heterocycles. The number of aromatic nitrogens is 2. The highest BCUT2D eigenvalue weighted by Gasteiger charge is 2.25. The van der Waals surface area contributed by atoms with Crippen molar-refractivity contribution >= 4 is 29.3 Å². The third-order valence-electron chi connectivity index (χ3n) is 3.95. The van der Waals surface area contributed by atoms with Crippen LogP contribution < -0.4 is 11.1 Å². The van der Waals surface area contributed by atoms with Crippen molar-refractivity contribution < 1.29 is 9.18 Å². The first kappa shape index (κ1) is 18.1. The Bertz CT molecular complexity index is 992. The molecule has 0 radical (unpaired) electrons. The number of nitrogen functional groups attached to an aromatic ring is 1. The Balaban J connectivity index is 1.79. The minimum atomic E-state index is -0.432. The van der Waals surface area contributed by atoms with Crippen molar-refractivity contribution in [2.75, 3.05) is 11.1 Å². The number of anilines is 2. The number of carbonyl (C=O) groups excluding carboxylic acids is 1. The lowest BCUT2D eigenvalue weighted by Crippen LogP contribution is -2.31. The van der Waals surface area contributed by atoms with E-state index in [1.54, 1.807) is 25.3 Å². The van der Waals surface area contributed by atoms with Gasteiger partial charge in [0.1, 0.15) is 5.82 Å². The molecule has 7 nitrogen and oxygen atoms in total. The normalized spacial score (nSPS) is 13.5. The summed E-state index contributed by atoms with van der Waals surface area (Å²) in [7, 11) is 0. The molecule has 2 aromatic rings. The molecule has 0 saturated carbocycles. The first-order chi connectivity index (χ1) is 13.0. The van der Waals surface area contributed by atoms with Gasteiger partial charge >= 0.3 is 6.03 Å². The highest BCUT2D eigenvalue weighted by molar-refractivity contribution is 5.92. The fourth-order valence-corrected chi connectivity index (χ4v) is 2.60. The highest BCUT2D eigenvalue weighted by Crippen LogP contribution is 2.24. The highest BCUT2D eigenvalue weighted by atomic mass is 19.1. The van der Waals surface area contributed by atoms with Gasteiger partial charge in [-0.25, -0.2) is 14.2 Å². The predicted octanol–water partition coefficient (Wildman–Crippen LogP) is 2.81. The SMILES string of the molecule is C#C/C(=C\N=CC)c1ccc(N)c(NC(=O)N2Cc3cc(F)cnc3C2)n1. The standard InChI is InChI=1S/C19H17FN6O/c1-3-12(8-22-4-2)16-6-5-15(21)18(24-16)25-19(27)26-10-13-7-14(20)9-23-17(13)11-26/h1,4-9H,10-11,21H2,2H3,(H,24,25,27)/b12-8+,22-4?. The quantitative estimate of drug-likeness (QED) is 0.646. The molecule has 0 atom stereocenters. The van der Waals surface area contributed by atoms with Gasteiger partial charge in [0.25, 0.3) is 0 Å².